The molecular formula is C22H17N5O2. The third kappa shape index (κ3) is 4.08. The zero-order chi connectivity index (χ0) is 20.1. The van der Waals surface area contributed by atoms with Gasteiger partial charge >= 0.3 is 0 Å². The fraction of sp³-hybridized carbons (Fsp3) is 0.0455. The van der Waals surface area contributed by atoms with Crippen molar-refractivity contribution in [1.82, 2.24) is 20.4 Å². The van der Waals surface area contributed by atoms with Crippen LogP contribution in [0.5, 0.6) is 0 Å². The van der Waals surface area contributed by atoms with Crippen molar-refractivity contribution < 1.29 is 4.79 Å². The molecule has 0 spiro atoms. The standard InChI is InChI=1S/C22H17N5O2/c28-20(15-27-22(29)18-13-7-8-14-19(18)23-26-27)24-25-21(16-9-3-1-4-10-16)17-11-5-2-6-12-17/h1-14H,15H2,(H,24,28). The maximum absolute atomic E-state index is 12.5. The predicted molar refractivity (Wildman–Crippen MR) is 110 cm³/mol. The zero-order valence-electron chi connectivity index (χ0n) is 15.4. The van der Waals surface area contributed by atoms with Crippen LogP contribution in [-0.4, -0.2) is 26.6 Å². The molecule has 4 rings (SSSR count). The van der Waals surface area contributed by atoms with Crippen LogP contribution >= 0.6 is 0 Å². The molecule has 7 heteroatoms. The molecule has 1 heterocycles. The Morgan fingerprint density at radius 3 is 2.10 bits per heavy atom. The van der Waals surface area contributed by atoms with E-state index in [1.807, 2.05) is 60.7 Å². The van der Waals surface area contributed by atoms with E-state index in [-0.39, 0.29) is 12.1 Å². The summed E-state index contributed by atoms with van der Waals surface area (Å²) < 4.78 is 1.03. The highest BCUT2D eigenvalue weighted by atomic mass is 16.2. The lowest BCUT2D eigenvalue weighted by molar-refractivity contribution is -0.121. The molecule has 4 aromatic rings. The van der Waals surface area contributed by atoms with Gasteiger partial charge in [-0.25, -0.2) is 10.1 Å². The number of nitrogens with zero attached hydrogens (tertiary/aromatic N) is 4. The molecule has 0 atom stereocenters. The number of hydrogen-bond donors (Lipinski definition) is 1. The smallest absolute Gasteiger partial charge is 0.271 e. The molecule has 1 aromatic heterocycles. The predicted octanol–water partition coefficient (Wildman–Crippen LogP) is 2.36. The average Bonchev–Trinajstić information content (AvgIpc) is 2.77. The Balaban J connectivity index is 1.59. The van der Waals surface area contributed by atoms with E-state index in [0.717, 1.165) is 15.8 Å². The summed E-state index contributed by atoms with van der Waals surface area (Å²) in [5.74, 6) is -0.471. The molecule has 0 aliphatic heterocycles. The Bertz CT molecular complexity index is 1190. The van der Waals surface area contributed by atoms with Crippen molar-refractivity contribution in [3.63, 3.8) is 0 Å². The fourth-order valence-electron chi connectivity index (χ4n) is 2.90. The van der Waals surface area contributed by atoms with Crippen molar-refractivity contribution in [3.05, 3.63) is 106 Å². The largest absolute Gasteiger partial charge is 0.278 e. The summed E-state index contributed by atoms with van der Waals surface area (Å²) in [4.78, 5) is 24.9. The first-order chi connectivity index (χ1) is 14.2. The van der Waals surface area contributed by atoms with E-state index in [4.69, 9.17) is 0 Å². The molecule has 142 valence electrons. The summed E-state index contributed by atoms with van der Waals surface area (Å²) in [6.45, 7) is -0.281. The van der Waals surface area contributed by atoms with Crippen LogP contribution in [0.15, 0.2) is 94.8 Å². The van der Waals surface area contributed by atoms with Crippen LogP contribution in [0.3, 0.4) is 0 Å². The second-order valence-electron chi connectivity index (χ2n) is 6.30. The summed E-state index contributed by atoms with van der Waals surface area (Å²) >= 11 is 0. The molecule has 1 amide bonds. The van der Waals surface area contributed by atoms with Crippen LogP contribution in [0.1, 0.15) is 11.1 Å². The second kappa shape index (κ2) is 8.26. The van der Waals surface area contributed by atoms with Gasteiger partial charge in [0.1, 0.15) is 12.1 Å². The maximum Gasteiger partial charge on any atom is 0.278 e. The van der Waals surface area contributed by atoms with Gasteiger partial charge in [0.25, 0.3) is 11.5 Å². The van der Waals surface area contributed by atoms with Crippen LogP contribution in [0.4, 0.5) is 0 Å². The lowest BCUT2D eigenvalue weighted by Crippen LogP contribution is -2.32. The molecule has 0 fully saturated rings. The van der Waals surface area contributed by atoms with Gasteiger partial charge < -0.3 is 0 Å². The lowest BCUT2D eigenvalue weighted by atomic mass is 10.0. The summed E-state index contributed by atoms with van der Waals surface area (Å²) in [5.41, 5.74) is 4.99. The summed E-state index contributed by atoms with van der Waals surface area (Å²) in [6.07, 6.45) is 0. The molecule has 1 N–H and O–H groups in total. The number of carbonyl (C=O) groups excluding carboxylic acids is 1. The Morgan fingerprint density at radius 2 is 1.45 bits per heavy atom. The van der Waals surface area contributed by atoms with Crippen molar-refractivity contribution in [1.29, 1.82) is 0 Å². The average molecular weight is 383 g/mol. The molecule has 29 heavy (non-hydrogen) atoms. The topological polar surface area (TPSA) is 89.2 Å². The third-order valence-electron chi connectivity index (χ3n) is 4.31. The first-order valence-corrected chi connectivity index (χ1v) is 9.02. The quantitative estimate of drug-likeness (QED) is 0.423. The molecule has 7 nitrogen and oxygen atoms in total. The number of carbonyl (C=O) groups is 1. The first-order valence-electron chi connectivity index (χ1n) is 9.02. The summed E-state index contributed by atoms with van der Waals surface area (Å²) in [5, 5.41) is 12.5. The number of hydrogen-bond acceptors (Lipinski definition) is 5. The molecule has 0 bridgehead atoms. The van der Waals surface area contributed by atoms with Crippen molar-refractivity contribution in [2.45, 2.75) is 6.54 Å². The highest BCUT2D eigenvalue weighted by molar-refractivity contribution is 6.13. The minimum atomic E-state index is -0.471. The summed E-state index contributed by atoms with van der Waals surface area (Å²) in [7, 11) is 0. The van der Waals surface area contributed by atoms with Gasteiger partial charge in [0.15, 0.2) is 0 Å². The summed E-state index contributed by atoms with van der Waals surface area (Å²) in [6, 6.07) is 26.0. The minimum Gasteiger partial charge on any atom is -0.271 e. The number of benzene rings is 3. The number of fused-ring (bicyclic) bond motifs is 1. The van der Waals surface area contributed by atoms with Gasteiger partial charge in [0.05, 0.1) is 11.1 Å². The van der Waals surface area contributed by atoms with E-state index >= 15 is 0 Å². The van der Waals surface area contributed by atoms with Gasteiger partial charge in [-0.05, 0) is 12.1 Å². The van der Waals surface area contributed by atoms with Gasteiger partial charge in [0, 0.05) is 11.1 Å². The molecule has 3 aromatic carbocycles. The molecule has 0 radical (unpaired) electrons. The van der Waals surface area contributed by atoms with Crippen molar-refractivity contribution in [3.8, 4) is 0 Å². The van der Waals surface area contributed by atoms with E-state index in [2.05, 4.69) is 20.8 Å². The fourth-order valence-corrected chi connectivity index (χ4v) is 2.90. The maximum atomic E-state index is 12.5. The third-order valence-corrected chi connectivity index (χ3v) is 4.31. The molecule has 0 saturated heterocycles. The molecule has 0 unspecified atom stereocenters. The zero-order valence-corrected chi connectivity index (χ0v) is 15.4. The van der Waals surface area contributed by atoms with Crippen LogP contribution < -0.4 is 11.0 Å². The van der Waals surface area contributed by atoms with Gasteiger partial charge in [-0.3, -0.25) is 9.59 Å². The van der Waals surface area contributed by atoms with Gasteiger partial charge in [0.2, 0.25) is 0 Å². The van der Waals surface area contributed by atoms with Crippen LogP contribution in [-0.2, 0) is 11.3 Å². The Morgan fingerprint density at radius 1 is 0.862 bits per heavy atom. The van der Waals surface area contributed by atoms with E-state index in [0.29, 0.717) is 16.6 Å². The number of rotatable bonds is 5. The van der Waals surface area contributed by atoms with Gasteiger partial charge in [-0.15, -0.1) is 5.10 Å². The van der Waals surface area contributed by atoms with Crippen molar-refractivity contribution >= 4 is 22.5 Å². The van der Waals surface area contributed by atoms with Crippen LogP contribution in [0.2, 0.25) is 0 Å². The first kappa shape index (κ1) is 18.2. The lowest BCUT2D eigenvalue weighted by Gasteiger charge is -2.08. The Labute approximate surface area is 166 Å². The SMILES string of the molecule is O=C(Cn1nnc2ccccc2c1=O)NN=C(c1ccccc1)c1ccccc1. The van der Waals surface area contributed by atoms with Gasteiger partial charge in [-0.2, -0.15) is 5.10 Å². The number of amides is 1. The van der Waals surface area contributed by atoms with E-state index < -0.39 is 5.91 Å². The number of nitrogens with one attached hydrogen (secondary N) is 1. The Hall–Kier alpha value is -4.13. The van der Waals surface area contributed by atoms with Crippen molar-refractivity contribution in [2.75, 3.05) is 0 Å². The second-order valence-corrected chi connectivity index (χ2v) is 6.30. The normalized spacial score (nSPS) is 10.5. The molecule has 0 aliphatic rings. The molecule has 0 saturated carbocycles. The molecule has 0 aliphatic carbocycles. The highest BCUT2D eigenvalue weighted by Gasteiger charge is 2.11. The molecular weight excluding hydrogens is 366 g/mol. The number of hydrazone groups is 1. The van der Waals surface area contributed by atoms with E-state index in [1.165, 1.54) is 0 Å². The van der Waals surface area contributed by atoms with Crippen molar-refractivity contribution in [2.24, 2.45) is 5.10 Å². The van der Waals surface area contributed by atoms with Crippen LogP contribution in [0, 0.1) is 0 Å². The minimum absolute atomic E-state index is 0.281. The van der Waals surface area contributed by atoms with Crippen LogP contribution in [0.25, 0.3) is 10.9 Å². The Kier molecular flexibility index (Phi) is 5.20. The number of aromatic nitrogens is 3. The highest BCUT2D eigenvalue weighted by Crippen LogP contribution is 2.10. The monoisotopic (exact) mass is 383 g/mol. The van der Waals surface area contributed by atoms with E-state index in [1.54, 1.807) is 24.3 Å². The van der Waals surface area contributed by atoms with E-state index in [9.17, 15) is 9.59 Å². The van der Waals surface area contributed by atoms with Gasteiger partial charge in [-0.1, -0.05) is 78.0 Å².